The van der Waals surface area contributed by atoms with Crippen LogP contribution in [0.2, 0.25) is 0 Å². The lowest BCUT2D eigenvalue weighted by molar-refractivity contribution is 0.302. The molecule has 132 valence electrons. The van der Waals surface area contributed by atoms with Gasteiger partial charge in [0.25, 0.3) is 0 Å². The molecular weight excluding hydrogens is 332 g/mol. The van der Waals surface area contributed by atoms with Crippen molar-refractivity contribution in [3.63, 3.8) is 0 Å². The van der Waals surface area contributed by atoms with Crippen molar-refractivity contribution in [2.45, 2.75) is 46.8 Å². The first-order chi connectivity index (χ1) is 11.6. The molecule has 0 radical (unpaired) electrons. The summed E-state index contributed by atoms with van der Waals surface area (Å²) >= 11 is 0. The van der Waals surface area contributed by atoms with Gasteiger partial charge in [0.05, 0.1) is 5.52 Å². The van der Waals surface area contributed by atoms with Crippen LogP contribution in [-0.4, -0.2) is 9.55 Å². The number of fused-ring (bicyclic) bond motifs is 1. The molecule has 0 unspecified atom stereocenters. The maximum Gasteiger partial charge on any atom is 0.132 e. The first-order valence-corrected chi connectivity index (χ1v) is 8.76. The van der Waals surface area contributed by atoms with Crippen molar-refractivity contribution in [3.05, 3.63) is 59.0 Å². The highest BCUT2D eigenvalue weighted by atomic mass is 35.5. The SMILES string of the molecule is Cc1ccc(OCc2nccc3c(C)c(C)n(CC4CC4)c23)cc1.Cl. The third-order valence-electron chi connectivity index (χ3n) is 5.16. The van der Waals surface area contributed by atoms with Gasteiger partial charge < -0.3 is 9.30 Å². The molecule has 1 aromatic carbocycles. The van der Waals surface area contributed by atoms with Crippen molar-refractivity contribution in [1.29, 1.82) is 0 Å². The first kappa shape index (κ1) is 17.8. The number of nitrogens with zero attached hydrogens (tertiary/aromatic N) is 2. The van der Waals surface area contributed by atoms with Crippen LogP contribution in [0.3, 0.4) is 0 Å². The third-order valence-corrected chi connectivity index (χ3v) is 5.16. The molecule has 1 aliphatic carbocycles. The zero-order chi connectivity index (χ0) is 16.7. The zero-order valence-corrected chi connectivity index (χ0v) is 15.9. The monoisotopic (exact) mass is 356 g/mol. The van der Waals surface area contributed by atoms with E-state index in [0.717, 1.165) is 23.9 Å². The summed E-state index contributed by atoms with van der Waals surface area (Å²) in [7, 11) is 0. The first-order valence-electron chi connectivity index (χ1n) is 8.76. The molecule has 0 bridgehead atoms. The number of aryl methyl sites for hydroxylation is 2. The van der Waals surface area contributed by atoms with Crippen molar-refractivity contribution >= 4 is 23.3 Å². The highest BCUT2D eigenvalue weighted by Crippen LogP contribution is 2.35. The van der Waals surface area contributed by atoms with E-state index in [1.807, 2.05) is 18.3 Å². The Morgan fingerprint density at radius 3 is 2.48 bits per heavy atom. The number of rotatable bonds is 5. The molecule has 4 heteroatoms. The van der Waals surface area contributed by atoms with E-state index >= 15 is 0 Å². The zero-order valence-electron chi connectivity index (χ0n) is 15.1. The van der Waals surface area contributed by atoms with Gasteiger partial charge in [-0.2, -0.15) is 0 Å². The van der Waals surface area contributed by atoms with Crippen molar-refractivity contribution < 1.29 is 4.74 Å². The van der Waals surface area contributed by atoms with Gasteiger partial charge in [-0.25, -0.2) is 0 Å². The van der Waals surface area contributed by atoms with Crippen molar-refractivity contribution in [2.24, 2.45) is 5.92 Å². The van der Waals surface area contributed by atoms with Crippen LogP contribution >= 0.6 is 12.4 Å². The summed E-state index contributed by atoms with van der Waals surface area (Å²) in [6.45, 7) is 8.14. The van der Waals surface area contributed by atoms with Crippen LogP contribution in [0.15, 0.2) is 36.5 Å². The van der Waals surface area contributed by atoms with Gasteiger partial charge in [-0.05, 0) is 63.3 Å². The summed E-state index contributed by atoms with van der Waals surface area (Å²) < 4.78 is 8.47. The molecular formula is C21H25ClN2O. The van der Waals surface area contributed by atoms with Crippen molar-refractivity contribution in [1.82, 2.24) is 9.55 Å². The van der Waals surface area contributed by atoms with Gasteiger partial charge in [-0.15, -0.1) is 12.4 Å². The van der Waals surface area contributed by atoms with Gasteiger partial charge in [-0.1, -0.05) is 17.7 Å². The average Bonchev–Trinajstić information content (AvgIpc) is 3.38. The standard InChI is InChI=1S/C21H24N2O.ClH/c1-14-4-8-18(9-5-14)24-13-20-21-19(10-11-22-20)15(2)16(3)23(21)12-17-6-7-17;/h4-5,8-11,17H,6-7,12-13H2,1-3H3;1H. The van der Waals surface area contributed by atoms with E-state index in [1.54, 1.807) is 0 Å². The molecule has 1 aliphatic rings. The molecule has 0 saturated heterocycles. The molecule has 2 heterocycles. The van der Waals surface area contributed by atoms with Gasteiger partial charge in [0.2, 0.25) is 0 Å². The molecule has 0 aliphatic heterocycles. The largest absolute Gasteiger partial charge is 0.487 e. The maximum absolute atomic E-state index is 6.00. The molecule has 0 atom stereocenters. The summed E-state index contributed by atoms with van der Waals surface area (Å²) in [5.74, 6) is 1.73. The molecule has 0 spiro atoms. The van der Waals surface area contributed by atoms with Crippen LogP contribution in [0.25, 0.3) is 10.9 Å². The Morgan fingerprint density at radius 1 is 1.08 bits per heavy atom. The molecule has 3 aromatic rings. The summed E-state index contributed by atoms with van der Waals surface area (Å²) in [5.41, 5.74) is 6.26. The fourth-order valence-electron chi connectivity index (χ4n) is 3.34. The Bertz CT molecular complexity index is 879. The number of hydrogen-bond acceptors (Lipinski definition) is 2. The molecule has 0 amide bonds. The number of ether oxygens (including phenoxy) is 1. The van der Waals surface area contributed by atoms with Crippen LogP contribution in [0.5, 0.6) is 5.75 Å². The van der Waals surface area contributed by atoms with E-state index in [9.17, 15) is 0 Å². The van der Waals surface area contributed by atoms with Crippen LogP contribution in [0.1, 0.15) is 35.4 Å². The van der Waals surface area contributed by atoms with E-state index in [-0.39, 0.29) is 12.4 Å². The van der Waals surface area contributed by atoms with E-state index < -0.39 is 0 Å². The summed E-state index contributed by atoms with van der Waals surface area (Å²) in [6, 6.07) is 10.3. The minimum Gasteiger partial charge on any atom is -0.487 e. The fourth-order valence-corrected chi connectivity index (χ4v) is 3.34. The van der Waals surface area contributed by atoms with Crippen molar-refractivity contribution in [3.8, 4) is 5.75 Å². The summed E-state index contributed by atoms with van der Waals surface area (Å²) in [6.07, 6.45) is 4.62. The maximum atomic E-state index is 6.00. The summed E-state index contributed by atoms with van der Waals surface area (Å²) in [4.78, 5) is 4.64. The molecule has 1 saturated carbocycles. The third kappa shape index (κ3) is 3.52. The number of hydrogen-bond donors (Lipinski definition) is 0. The molecule has 4 rings (SSSR count). The summed E-state index contributed by atoms with van der Waals surface area (Å²) in [5, 5.41) is 1.31. The number of pyridine rings is 1. The molecule has 3 nitrogen and oxygen atoms in total. The lowest BCUT2D eigenvalue weighted by atomic mass is 10.2. The molecule has 2 aromatic heterocycles. The molecule has 25 heavy (non-hydrogen) atoms. The van der Waals surface area contributed by atoms with Gasteiger partial charge in [0.1, 0.15) is 18.1 Å². The molecule has 0 N–H and O–H groups in total. The topological polar surface area (TPSA) is 27.1 Å². The predicted molar refractivity (Wildman–Crippen MR) is 105 cm³/mol. The van der Waals surface area contributed by atoms with Crippen LogP contribution in [-0.2, 0) is 13.2 Å². The fraction of sp³-hybridized carbons (Fsp3) is 0.381. The Labute approximate surface area is 155 Å². The quantitative estimate of drug-likeness (QED) is 0.614. The van der Waals surface area contributed by atoms with E-state index in [1.165, 1.54) is 40.6 Å². The number of halogens is 1. The Morgan fingerprint density at radius 2 is 1.80 bits per heavy atom. The second kappa shape index (κ2) is 7.09. The second-order valence-electron chi connectivity index (χ2n) is 7.02. The van der Waals surface area contributed by atoms with E-state index in [4.69, 9.17) is 4.74 Å². The van der Waals surface area contributed by atoms with Crippen LogP contribution < -0.4 is 4.74 Å². The van der Waals surface area contributed by atoms with Gasteiger partial charge in [0.15, 0.2) is 0 Å². The Kier molecular flexibility index (Phi) is 5.05. The van der Waals surface area contributed by atoms with E-state index in [0.29, 0.717) is 6.61 Å². The Balaban J connectivity index is 0.00000182. The van der Waals surface area contributed by atoms with Crippen LogP contribution in [0, 0.1) is 26.7 Å². The lowest BCUT2D eigenvalue weighted by Gasteiger charge is -2.11. The minimum atomic E-state index is 0. The van der Waals surface area contributed by atoms with Gasteiger partial charge in [0, 0.05) is 23.8 Å². The highest BCUT2D eigenvalue weighted by molar-refractivity contribution is 5.87. The second-order valence-corrected chi connectivity index (χ2v) is 7.02. The number of aromatic nitrogens is 2. The normalized spacial score (nSPS) is 13.7. The van der Waals surface area contributed by atoms with Crippen molar-refractivity contribution in [2.75, 3.05) is 0 Å². The lowest BCUT2D eigenvalue weighted by Crippen LogP contribution is -2.06. The molecule has 1 fully saturated rings. The number of benzene rings is 1. The van der Waals surface area contributed by atoms with Crippen LogP contribution in [0.4, 0.5) is 0 Å². The Hall–Kier alpha value is -2.00. The van der Waals surface area contributed by atoms with Gasteiger partial charge >= 0.3 is 0 Å². The smallest absolute Gasteiger partial charge is 0.132 e. The van der Waals surface area contributed by atoms with Gasteiger partial charge in [-0.3, -0.25) is 4.98 Å². The van der Waals surface area contributed by atoms with E-state index in [2.05, 4.69) is 48.5 Å². The predicted octanol–water partition coefficient (Wildman–Crippen LogP) is 5.37. The highest BCUT2D eigenvalue weighted by Gasteiger charge is 2.25. The minimum absolute atomic E-state index is 0. The average molecular weight is 357 g/mol.